The minimum Gasteiger partial charge on any atom is -0.385 e. The van der Waals surface area contributed by atoms with Gasteiger partial charge in [-0.1, -0.05) is 13.8 Å². The van der Waals surface area contributed by atoms with E-state index in [0.717, 1.165) is 32.0 Å². The molecule has 3 nitrogen and oxygen atoms in total. The number of piperazine rings is 1. The average molecular weight is 256 g/mol. The van der Waals surface area contributed by atoms with E-state index in [1.54, 1.807) is 7.11 Å². The molecule has 1 fully saturated rings. The molecule has 0 amide bonds. The molecule has 0 aromatic heterocycles. The molecule has 108 valence electrons. The highest BCUT2D eigenvalue weighted by atomic mass is 16.5. The van der Waals surface area contributed by atoms with Crippen LogP contribution in [0, 0.1) is 5.92 Å². The van der Waals surface area contributed by atoms with Gasteiger partial charge in [-0.3, -0.25) is 4.90 Å². The van der Waals surface area contributed by atoms with Gasteiger partial charge in [0.2, 0.25) is 0 Å². The maximum absolute atomic E-state index is 5.23. The lowest BCUT2D eigenvalue weighted by atomic mass is 9.92. The molecule has 1 rings (SSSR count). The summed E-state index contributed by atoms with van der Waals surface area (Å²) in [7, 11) is 1.79. The van der Waals surface area contributed by atoms with E-state index in [2.05, 4.69) is 44.8 Å². The minimum atomic E-state index is 0.231. The lowest BCUT2D eigenvalue weighted by molar-refractivity contribution is 0.0365. The Kier molecular flexibility index (Phi) is 6.09. The van der Waals surface area contributed by atoms with Crippen LogP contribution in [0.2, 0.25) is 0 Å². The van der Waals surface area contributed by atoms with Crippen LogP contribution in [0.5, 0.6) is 0 Å². The van der Waals surface area contributed by atoms with Gasteiger partial charge in [-0.2, -0.15) is 0 Å². The molecule has 0 aliphatic carbocycles. The Balaban J connectivity index is 2.64. The van der Waals surface area contributed by atoms with E-state index in [1.165, 1.54) is 6.42 Å². The summed E-state index contributed by atoms with van der Waals surface area (Å²) in [5, 5.41) is 3.68. The second kappa shape index (κ2) is 6.88. The van der Waals surface area contributed by atoms with Crippen molar-refractivity contribution < 1.29 is 4.74 Å². The molecule has 2 unspecified atom stereocenters. The molecule has 0 aromatic rings. The fourth-order valence-corrected chi connectivity index (χ4v) is 2.89. The standard InChI is InChI=1S/C15H32N2O/c1-12(2)9-14-10-16-15(4,5)11-17(14)13(3)7-8-18-6/h12-14,16H,7-11H2,1-6H3. The molecule has 0 saturated carbocycles. The summed E-state index contributed by atoms with van der Waals surface area (Å²) < 4.78 is 5.23. The van der Waals surface area contributed by atoms with Crippen LogP contribution < -0.4 is 5.32 Å². The zero-order valence-corrected chi connectivity index (χ0v) is 13.1. The first-order valence-corrected chi connectivity index (χ1v) is 7.35. The van der Waals surface area contributed by atoms with Crippen molar-refractivity contribution in [2.45, 2.75) is 65.1 Å². The second-order valence-electron chi connectivity index (χ2n) is 6.85. The Bertz CT molecular complexity index is 241. The summed E-state index contributed by atoms with van der Waals surface area (Å²) in [6.07, 6.45) is 2.40. The van der Waals surface area contributed by atoms with E-state index in [0.29, 0.717) is 12.1 Å². The molecule has 0 spiro atoms. The summed E-state index contributed by atoms with van der Waals surface area (Å²) in [5.41, 5.74) is 0.231. The van der Waals surface area contributed by atoms with Gasteiger partial charge in [0.25, 0.3) is 0 Å². The van der Waals surface area contributed by atoms with Gasteiger partial charge in [0, 0.05) is 44.4 Å². The summed E-state index contributed by atoms with van der Waals surface area (Å²) in [5.74, 6) is 0.759. The van der Waals surface area contributed by atoms with Crippen molar-refractivity contribution in [2.75, 3.05) is 26.8 Å². The highest BCUT2D eigenvalue weighted by molar-refractivity contribution is 4.94. The topological polar surface area (TPSA) is 24.5 Å². The summed E-state index contributed by atoms with van der Waals surface area (Å²) in [6.45, 7) is 14.7. The zero-order chi connectivity index (χ0) is 13.8. The third-order valence-corrected chi connectivity index (χ3v) is 3.91. The van der Waals surface area contributed by atoms with Crippen LogP contribution in [0.15, 0.2) is 0 Å². The predicted molar refractivity (Wildman–Crippen MR) is 78.0 cm³/mol. The van der Waals surface area contributed by atoms with Crippen molar-refractivity contribution in [3.05, 3.63) is 0 Å². The number of nitrogens with zero attached hydrogens (tertiary/aromatic N) is 1. The fraction of sp³-hybridized carbons (Fsp3) is 1.00. The van der Waals surface area contributed by atoms with Crippen molar-refractivity contribution in [3.63, 3.8) is 0 Å². The normalized spacial score (nSPS) is 26.5. The first-order chi connectivity index (χ1) is 8.35. The molecule has 0 bridgehead atoms. The van der Waals surface area contributed by atoms with Gasteiger partial charge >= 0.3 is 0 Å². The van der Waals surface area contributed by atoms with Crippen molar-refractivity contribution in [1.29, 1.82) is 0 Å². The van der Waals surface area contributed by atoms with E-state index >= 15 is 0 Å². The van der Waals surface area contributed by atoms with Crippen LogP contribution in [0.3, 0.4) is 0 Å². The Morgan fingerprint density at radius 3 is 2.56 bits per heavy atom. The van der Waals surface area contributed by atoms with Crippen LogP contribution in [-0.2, 0) is 4.74 Å². The number of hydrogen-bond acceptors (Lipinski definition) is 3. The molecular formula is C15H32N2O. The highest BCUT2D eigenvalue weighted by Crippen LogP contribution is 2.23. The Labute approximate surface area is 113 Å². The van der Waals surface area contributed by atoms with E-state index in [9.17, 15) is 0 Å². The van der Waals surface area contributed by atoms with Crippen LogP contribution >= 0.6 is 0 Å². The third kappa shape index (κ3) is 4.87. The number of ether oxygens (including phenoxy) is 1. The zero-order valence-electron chi connectivity index (χ0n) is 13.1. The van der Waals surface area contributed by atoms with Crippen LogP contribution in [0.1, 0.15) is 47.5 Å². The van der Waals surface area contributed by atoms with E-state index < -0.39 is 0 Å². The number of methoxy groups -OCH3 is 1. The molecule has 3 heteroatoms. The van der Waals surface area contributed by atoms with Crippen LogP contribution in [0.4, 0.5) is 0 Å². The van der Waals surface area contributed by atoms with Gasteiger partial charge in [-0.05, 0) is 39.5 Å². The van der Waals surface area contributed by atoms with Gasteiger partial charge in [-0.15, -0.1) is 0 Å². The van der Waals surface area contributed by atoms with E-state index in [1.807, 2.05) is 0 Å². The van der Waals surface area contributed by atoms with Crippen molar-refractivity contribution in [3.8, 4) is 0 Å². The molecule has 1 aliphatic heterocycles. The molecule has 1 saturated heterocycles. The Morgan fingerprint density at radius 2 is 2.00 bits per heavy atom. The van der Waals surface area contributed by atoms with Gasteiger partial charge in [0.05, 0.1) is 0 Å². The number of hydrogen-bond donors (Lipinski definition) is 1. The Hall–Kier alpha value is -0.120. The second-order valence-corrected chi connectivity index (χ2v) is 6.85. The van der Waals surface area contributed by atoms with Gasteiger partial charge in [0.15, 0.2) is 0 Å². The fourth-order valence-electron chi connectivity index (χ4n) is 2.89. The molecule has 2 atom stereocenters. The number of rotatable bonds is 6. The quantitative estimate of drug-likeness (QED) is 0.790. The summed E-state index contributed by atoms with van der Waals surface area (Å²) in [6, 6.07) is 1.28. The highest BCUT2D eigenvalue weighted by Gasteiger charge is 2.34. The molecule has 1 aliphatic rings. The Morgan fingerprint density at radius 1 is 1.33 bits per heavy atom. The van der Waals surface area contributed by atoms with Gasteiger partial charge in [0.1, 0.15) is 0 Å². The van der Waals surface area contributed by atoms with Crippen LogP contribution in [0.25, 0.3) is 0 Å². The average Bonchev–Trinajstić information content (AvgIpc) is 2.27. The maximum atomic E-state index is 5.23. The first kappa shape index (κ1) is 15.9. The van der Waals surface area contributed by atoms with E-state index in [4.69, 9.17) is 4.74 Å². The molecule has 1 heterocycles. The maximum Gasteiger partial charge on any atom is 0.0477 e. The number of nitrogens with one attached hydrogen (secondary N) is 1. The third-order valence-electron chi connectivity index (χ3n) is 3.91. The van der Waals surface area contributed by atoms with Crippen molar-refractivity contribution >= 4 is 0 Å². The molecule has 0 radical (unpaired) electrons. The molecule has 18 heavy (non-hydrogen) atoms. The SMILES string of the molecule is COCCC(C)N1CC(C)(C)NCC1CC(C)C. The lowest BCUT2D eigenvalue weighted by Gasteiger charge is -2.48. The van der Waals surface area contributed by atoms with Gasteiger partial charge in [-0.25, -0.2) is 0 Å². The minimum absolute atomic E-state index is 0.231. The first-order valence-electron chi connectivity index (χ1n) is 7.35. The molecular weight excluding hydrogens is 224 g/mol. The molecule has 0 aromatic carbocycles. The van der Waals surface area contributed by atoms with Gasteiger partial charge < -0.3 is 10.1 Å². The monoisotopic (exact) mass is 256 g/mol. The lowest BCUT2D eigenvalue weighted by Crippen LogP contribution is -2.63. The smallest absolute Gasteiger partial charge is 0.0477 e. The largest absolute Gasteiger partial charge is 0.385 e. The van der Waals surface area contributed by atoms with Crippen molar-refractivity contribution in [1.82, 2.24) is 10.2 Å². The molecule has 1 N–H and O–H groups in total. The van der Waals surface area contributed by atoms with Crippen molar-refractivity contribution in [2.24, 2.45) is 5.92 Å². The predicted octanol–water partition coefficient (Wildman–Crippen LogP) is 2.51. The summed E-state index contributed by atoms with van der Waals surface area (Å²) >= 11 is 0. The van der Waals surface area contributed by atoms with E-state index in [-0.39, 0.29) is 5.54 Å². The van der Waals surface area contributed by atoms with Crippen LogP contribution in [-0.4, -0.2) is 49.3 Å². The summed E-state index contributed by atoms with van der Waals surface area (Å²) in [4.78, 5) is 2.69.